The highest BCUT2D eigenvalue weighted by molar-refractivity contribution is 5.10. The predicted molar refractivity (Wildman–Crippen MR) is 95.1 cm³/mol. The van der Waals surface area contributed by atoms with E-state index in [1.807, 2.05) is 0 Å². The van der Waals surface area contributed by atoms with Crippen LogP contribution in [0, 0.1) is 34.5 Å². The highest BCUT2D eigenvalue weighted by Gasteiger charge is 2.59. The molecule has 0 aromatic heterocycles. The molecule has 5 fully saturated rings. The van der Waals surface area contributed by atoms with Gasteiger partial charge in [0, 0.05) is 13.1 Å². The van der Waals surface area contributed by atoms with Gasteiger partial charge in [-0.2, -0.15) is 0 Å². The van der Waals surface area contributed by atoms with Crippen LogP contribution in [0.3, 0.4) is 0 Å². The minimum absolute atomic E-state index is 0.313. The van der Waals surface area contributed by atoms with Crippen LogP contribution in [0.25, 0.3) is 0 Å². The Kier molecular flexibility index (Phi) is 3.29. The minimum atomic E-state index is 0.313. The molecule has 1 heterocycles. The third-order valence-electron chi connectivity index (χ3n) is 9.58. The van der Waals surface area contributed by atoms with E-state index in [1.54, 1.807) is 19.3 Å². The zero-order valence-corrected chi connectivity index (χ0v) is 15.3. The Labute approximate surface area is 142 Å². The van der Waals surface area contributed by atoms with E-state index >= 15 is 0 Å². The summed E-state index contributed by atoms with van der Waals surface area (Å²) in [7, 11) is 0. The van der Waals surface area contributed by atoms with Crippen molar-refractivity contribution in [2.45, 2.75) is 83.7 Å². The van der Waals surface area contributed by atoms with E-state index < -0.39 is 0 Å². The minimum Gasteiger partial charge on any atom is -0.298 e. The number of rotatable bonds is 0. The fraction of sp³-hybridized carbons (Fsp3) is 1.00. The Balaban J connectivity index is 1.41. The predicted octanol–water partition coefficient (Wildman–Crippen LogP) is 4.31. The van der Waals surface area contributed by atoms with Crippen molar-refractivity contribution in [2.24, 2.45) is 34.5 Å². The van der Waals surface area contributed by atoms with E-state index in [0.29, 0.717) is 11.1 Å². The van der Waals surface area contributed by atoms with E-state index in [-0.39, 0.29) is 0 Å². The van der Waals surface area contributed by atoms with Crippen LogP contribution in [0.4, 0.5) is 0 Å². The lowest BCUT2D eigenvalue weighted by Gasteiger charge is -2.62. The van der Waals surface area contributed by atoms with Crippen LogP contribution in [-0.2, 0) is 0 Å². The van der Waals surface area contributed by atoms with E-state index in [2.05, 4.69) is 24.5 Å². The van der Waals surface area contributed by atoms with Crippen LogP contribution in [0.5, 0.6) is 0 Å². The lowest BCUT2D eigenvalue weighted by atomic mass is 9.44. The van der Waals surface area contributed by atoms with E-state index in [0.717, 1.165) is 29.1 Å². The summed E-state index contributed by atoms with van der Waals surface area (Å²) in [5.41, 5.74) is 1.67. The van der Waals surface area contributed by atoms with Crippen molar-refractivity contribution >= 4 is 0 Å². The first-order valence-electron chi connectivity index (χ1n) is 10.5. The molecular weight excluding hydrogens is 280 g/mol. The van der Waals surface area contributed by atoms with Crippen LogP contribution in [0.15, 0.2) is 0 Å². The van der Waals surface area contributed by atoms with E-state index in [9.17, 15) is 0 Å². The molecular formula is C21H36N2. The Morgan fingerprint density at radius 2 is 1.61 bits per heavy atom. The first-order chi connectivity index (χ1) is 11.0. The van der Waals surface area contributed by atoms with Gasteiger partial charge in [0.1, 0.15) is 0 Å². The molecule has 6 unspecified atom stereocenters. The second-order valence-electron chi connectivity index (χ2n) is 10.4. The molecule has 2 N–H and O–H groups in total. The second kappa shape index (κ2) is 4.97. The molecule has 0 aromatic carbocycles. The molecule has 5 aliphatic rings. The molecule has 1 aliphatic heterocycles. The SMILES string of the molecule is CC12CCCC1C1CCC3CC4(CCC3(C)C1CC2)NCCN4. The molecule has 1 saturated heterocycles. The van der Waals surface area contributed by atoms with Crippen LogP contribution in [-0.4, -0.2) is 18.8 Å². The topological polar surface area (TPSA) is 24.1 Å². The standard InChI is InChI=1S/C21H36N2/c1-19-8-3-4-17(19)16-6-5-15-14-21(22-12-13-23-21)11-10-20(15,2)18(16)7-9-19/h15-18,22-23H,3-14H2,1-2H3. The fourth-order valence-electron chi connectivity index (χ4n) is 8.25. The monoisotopic (exact) mass is 316 g/mol. The van der Waals surface area contributed by atoms with Gasteiger partial charge < -0.3 is 0 Å². The van der Waals surface area contributed by atoms with Crippen LogP contribution in [0.2, 0.25) is 0 Å². The zero-order valence-electron chi connectivity index (χ0n) is 15.3. The van der Waals surface area contributed by atoms with Crippen molar-refractivity contribution in [3.05, 3.63) is 0 Å². The summed E-state index contributed by atoms with van der Waals surface area (Å²) in [6, 6.07) is 0. The fourth-order valence-corrected chi connectivity index (χ4v) is 8.25. The van der Waals surface area contributed by atoms with Crippen molar-refractivity contribution in [3.63, 3.8) is 0 Å². The molecule has 0 aromatic rings. The molecule has 130 valence electrons. The Morgan fingerprint density at radius 1 is 0.783 bits per heavy atom. The van der Waals surface area contributed by atoms with Crippen molar-refractivity contribution in [2.75, 3.05) is 13.1 Å². The van der Waals surface area contributed by atoms with Gasteiger partial charge in [-0.3, -0.25) is 10.6 Å². The van der Waals surface area contributed by atoms with Crippen molar-refractivity contribution in [1.82, 2.24) is 10.6 Å². The average Bonchev–Trinajstić information content (AvgIpc) is 3.15. The first kappa shape index (κ1) is 15.2. The molecule has 2 nitrogen and oxygen atoms in total. The molecule has 1 spiro atoms. The number of hydrogen-bond donors (Lipinski definition) is 2. The summed E-state index contributed by atoms with van der Waals surface area (Å²) >= 11 is 0. The van der Waals surface area contributed by atoms with Gasteiger partial charge in [-0.05, 0) is 92.3 Å². The Hall–Kier alpha value is -0.0800. The van der Waals surface area contributed by atoms with Crippen molar-refractivity contribution in [3.8, 4) is 0 Å². The maximum atomic E-state index is 3.83. The Morgan fingerprint density at radius 3 is 2.43 bits per heavy atom. The van der Waals surface area contributed by atoms with Crippen molar-refractivity contribution < 1.29 is 0 Å². The third kappa shape index (κ3) is 2.06. The molecule has 2 heteroatoms. The highest BCUT2D eigenvalue weighted by Crippen LogP contribution is 2.66. The van der Waals surface area contributed by atoms with Crippen molar-refractivity contribution in [1.29, 1.82) is 0 Å². The number of fused-ring (bicyclic) bond motifs is 5. The van der Waals surface area contributed by atoms with Gasteiger partial charge in [0.2, 0.25) is 0 Å². The maximum Gasteiger partial charge on any atom is 0.0691 e. The normalized spacial score (nSPS) is 54.5. The quantitative estimate of drug-likeness (QED) is 0.696. The van der Waals surface area contributed by atoms with Gasteiger partial charge in [0.25, 0.3) is 0 Å². The average molecular weight is 317 g/mol. The second-order valence-corrected chi connectivity index (χ2v) is 10.4. The van der Waals surface area contributed by atoms with Gasteiger partial charge >= 0.3 is 0 Å². The van der Waals surface area contributed by atoms with Crippen LogP contribution < -0.4 is 10.6 Å². The van der Waals surface area contributed by atoms with Gasteiger partial charge in [0.15, 0.2) is 0 Å². The summed E-state index contributed by atoms with van der Waals surface area (Å²) in [5.74, 6) is 4.13. The van der Waals surface area contributed by atoms with Crippen LogP contribution >= 0.6 is 0 Å². The van der Waals surface area contributed by atoms with Gasteiger partial charge in [-0.15, -0.1) is 0 Å². The first-order valence-corrected chi connectivity index (χ1v) is 10.5. The Bertz CT molecular complexity index is 482. The maximum absolute atomic E-state index is 3.83. The van der Waals surface area contributed by atoms with Crippen LogP contribution in [0.1, 0.15) is 78.1 Å². The smallest absolute Gasteiger partial charge is 0.0691 e. The molecule has 6 atom stereocenters. The third-order valence-corrected chi connectivity index (χ3v) is 9.58. The van der Waals surface area contributed by atoms with Gasteiger partial charge in [-0.1, -0.05) is 20.3 Å². The van der Waals surface area contributed by atoms with Gasteiger partial charge in [0.05, 0.1) is 5.66 Å². The number of hydrogen-bond acceptors (Lipinski definition) is 2. The summed E-state index contributed by atoms with van der Waals surface area (Å²) in [6.07, 6.45) is 14.9. The van der Waals surface area contributed by atoms with E-state index in [1.165, 1.54) is 58.0 Å². The lowest BCUT2D eigenvalue weighted by molar-refractivity contribution is -0.118. The lowest BCUT2D eigenvalue weighted by Crippen LogP contribution is -2.60. The summed E-state index contributed by atoms with van der Waals surface area (Å²) < 4.78 is 0. The summed E-state index contributed by atoms with van der Waals surface area (Å²) in [6.45, 7) is 7.69. The highest BCUT2D eigenvalue weighted by atomic mass is 15.3. The molecule has 0 bridgehead atoms. The molecule has 0 amide bonds. The molecule has 0 radical (unpaired) electrons. The number of nitrogens with one attached hydrogen (secondary N) is 2. The molecule has 4 aliphatic carbocycles. The largest absolute Gasteiger partial charge is 0.298 e. The molecule has 4 saturated carbocycles. The zero-order chi connectivity index (χ0) is 15.7. The molecule has 23 heavy (non-hydrogen) atoms. The summed E-state index contributed by atoms with van der Waals surface area (Å²) in [4.78, 5) is 0. The molecule has 5 rings (SSSR count). The van der Waals surface area contributed by atoms with E-state index in [4.69, 9.17) is 0 Å². The summed E-state index contributed by atoms with van der Waals surface area (Å²) in [5, 5.41) is 7.65. The van der Waals surface area contributed by atoms with Gasteiger partial charge in [-0.25, -0.2) is 0 Å².